The molecule has 0 spiro atoms. The largest absolute Gasteiger partial charge is 0.323 e. The lowest BCUT2D eigenvalue weighted by Gasteiger charge is -2.15. The van der Waals surface area contributed by atoms with E-state index in [1.54, 1.807) is 11.1 Å². The standard InChI is InChI=1S/C11H14.C2H7N.C2H6/c1-9-6-7-10-4-2-3-5-11(10)8-9;1-3-2;1-2/h6-8H,2-5H2,1H3;3H,1-2H3;1-2H3. The van der Waals surface area contributed by atoms with Crippen molar-refractivity contribution in [3.63, 3.8) is 0 Å². The van der Waals surface area contributed by atoms with E-state index >= 15 is 0 Å². The lowest BCUT2D eigenvalue weighted by molar-refractivity contribution is 0.685. The minimum atomic E-state index is 1.30. The lowest BCUT2D eigenvalue weighted by Crippen LogP contribution is -2.01. The second kappa shape index (κ2) is 9.41. The Kier molecular flexibility index (Phi) is 8.93. The first-order chi connectivity index (χ1) is 7.77. The average molecular weight is 221 g/mol. The van der Waals surface area contributed by atoms with E-state index in [0.29, 0.717) is 0 Å². The van der Waals surface area contributed by atoms with Crippen LogP contribution < -0.4 is 5.32 Å². The van der Waals surface area contributed by atoms with Crippen molar-refractivity contribution in [2.24, 2.45) is 0 Å². The van der Waals surface area contributed by atoms with E-state index in [-0.39, 0.29) is 0 Å². The average Bonchev–Trinajstić information content (AvgIpc) is 2.32. The molecule has 0 atom stereocenters. The van der Waals surface area contributed by atoms with Gasteiger partial charge in [0.25, 0.3) is 0 Å². The molecule has 0 bridgehead atoms. The molecule has 1 aromatic rings. The van der Waals surface area contributed by atoms with Crippen molar-refractivity contribution in [2.75, 3.05) is 14.1 Å². The number of hydrogen-bond donors (Lipinski definition) is 1. The number of aryl methyl sites for hydroxylation is 3. The smallest absolute Gasteiger partial charge is 0.0167 e. The van der Waals surface area contributed by atoms with Crippen molar-refractivity contribution in [3.05, 3.63) is 34.9 Å². The Morgan fingerprint density at radius 1 is 0.938 bits per heavy atom. The highest BCUT2D eigenvalue weighted by atomic mass is 14.7. The molecule has 1 heteroatoms. The zero-order valence-corrected chi connectivity index (χ0v) is 11.6. The molecule has 0 amide bonds. The van der Waals surface area contributed by atoms with Gasteiger partial charge in [0, 0.05) is 0 Å². The molecule has 1 aromatic carbocycles. The molecule has 1 N–H and O–H groups in total. The topological polar surface area (TPSA) is 12.0 Å². The van der Waals surface area contributed by atoms with Gasteiger partial charge in [-0.1, -0.05) is 37.6 Å². The summed E-state index contributed by atoms with van der Waals surface area (Å²) < 4.78 is 0. The fourth-order valence-corrected chi connectivity index (χ4v) is 1.86. The quantitative estimate of drug-likeness (QED) is 0.704. The summed E-state index contributed by atoms with van der Waals surface area (Å²) in [4.78, 5) is 0. The Hall–Kier alpha value is -0.820. The van der Waals surface area contributed by atoms with Gasteiger partial charge in [0.05, 0.1) is 0 Å². The lowest BCUT2D eigenvalue weighted by atomic mass is 9.91. The SMILES string of the molecule is CC.CNC.Cc1ccc2c(c1)CCCC2. The van der Waals surface area contributed by atoms with Crippen LogP contribution in [-0.2, 0) is 12.8 Å². The van der Waals surface area contributed by atoms with E-state index in [4.69, 9.17) is 0 Å². The number of benzene rings is 1. The van der Waals surface area contributed by atoms with Crippen LogP contribution in [0.2, 0.25) is 0 Å². The van der Waals surface area contributed by atoms with Gasteiger partial charge in [0.2, 0.25) is 0 Å². The van der Waals surface area contributed by atoms with Crippen molar-refractivity contribution in [2.45, 2.75) is 46.5 Å². The van der Waals surface area contributed by atoms with Crippen LogP contribution in [-0.4, -0.2) is 14.1 Å². The monoisotopic (exact) mass is 221 g/mol. The summed E-state index contributed by atoms with van der Waals surface area (Å²) in [5.41, 5.74) is 4.59. The second-order valence-electron chi connectivity index (χ2n) is 3.98. The molecule has 0 saturated carbocycles. The van der Waals surface area contributed by atoms with Crippen molar-refractivity contribution < 1.29 is 0 Å². The Labute approximate surface area is 101 Å². The predicted molar refractivity (Wildman–Crippen MR) is 74.2 cm³/mol. The zero-order chi connectivity index (χ0) is 12.4. The van der Waals surface area contributed by atoms with Crippen LogP contribution in [0.25, 0.3) is 0 Å². The zero-order valence-electron chi connectivity index (χ0n) is 11.6. The second-order valence-corrected chi connectivity index (χ2v) is 3.98. The molecule has 92 valence electrons. The molecule has 0 saturated heterocycles. The number of fused-ring (bicyclic) bond motifs is 1. The fourth-order valence-electron chi connectivity index (χ4n) is 1.86. The number of rotatable bonds is 0. The van der Waals surface area contributed by atoms with E-state index in [0.717, 1.165) is 0 Å². The van der Waals surface area contributed by atoms with Gasteiger partial charge in [-0.2, -0.15) is 0 Å². The maximum absolute atomic E-state index is 2.75. The molecule has 2 rings (SSSR count). The predicted octanol–water partition coefficient (Wildman–Crippen LogP) is 3.74. The molecule has 0 aliphatic heterocycles. The van der Waals surface area contributed by atoms with Gasteiger partial charge in [0.15, 0.2) is 0 Å². The molecular weight excluding hydrogens is 194 g/mol. The number of hydrogen-bond acceptors (Lipinski definition) is 1. The molecule has 0 heterocycles. The highest BCUT2D eigenvalue weighted by Crippen LogP contribution is 2.21. The van der Waals surface area contributed by atoms with E-state index in [1.165, 1.54) is 31.2 Å². The molecular formula is C15H27N. The van der Waals surface area contributed by atoms with Crippen LogP contribution in [0.5, 0.6) is 0 Å². The van der Waals surface area contributed by atoms with Gasteiger partial charge >= 0.3 is 0 Å². The highest BCUT2D eigenvalue weighted by Gasteiger charge is 2.07. The van der Waals surface area contributed by atoms with Crippen molar-refractivity contribution in [3.8, 4) is 0 Å². The maximum atomic E-state index is 2.75. The van der Waals surface area contributed by atoms with Gasteiger partial charge < -0.3 is 5.32 Å². The van der Waals surface area contributed by atoms with Crippen LogP contribution in [0.4, 0.5) is 0 Å². The minimum absolute atomic E-state index is 1.30. The molecule has 1 aliphatic rings. The summed E-state index contributed by atoms with van der Waals surface area (Å²) in [6.07, 6.45) is 5.37. The van der Waals surface area contributed by atoms with Crippen molar-refractivity contribution in [1.29, 1.82) is 0 Å². The molecule has 1 aliphatic carbocycles. The molecule has 1 nitrogen and oxygen atoms in total. The van der Waals surface area contributed by atoms with Crippen molar-refractivity contribution >= 4 is 0 Å². The normalized spacial score (nSPS) is 12.6. The summed E-state index contributed by atoms with van der Waals surface area (Å²) in [6.45, 7) is 6.18. The summed E-state index contributed by atoms with van der Waals surface area (Å²) >= 11 is 0. The van der Waals surface area contributed by atoms with Gasteiger partial charge in [-0.25, -0.2) is 0 Å². The maximum Gasteiger partial charge on any atom is -0.0167 e. The summed E-state index contributed by atoms with van der Waals surface area (Å²) in [5, 5.41) is 2.75. The van der Waals surface area contributed by atoms with Crippen molar-refractivity contribution in [1.82, 2.24) is 5.32 Å². The van der Waals surface area contributed by atoms with Crippen LogP contribution in [0.3, 0.4) is 0 Å². The summed E-state index contributed by atoms with van der Waals surface area (Å²) in [5.74, 6) is 0. The van der Waals surface area contributed by atoms with Crippen LogP contribution in [0.1, 0.15) is 43.4 Å². The molecule has 0 aromatic heterocycles. The third kappa shape index (κ3) is 5.32. The van der Waals surface area contributed by atoms with Gasteiger partial charge in [-0.05, 0) is 57.8 Å². The summed E-state index contributed by atoms with van der Waals surface area (Å²) in [6, 6.07) is 6.86. The Balaban J connectivity index is 0.000000394. The fraction of sp³-hybridized carbons (Fsp3) is 0.600. The van der Waals surface area contributed by atoms with Gasteiger partial charge in [-0.15, -0.1) is 0 Å². The first-order valence-corrected chi connectivity index (χ1v) is 6.45. The highest BCUT2D eigenvalue weighted by molar-refractivity contribution is 5.32. The first kappa shape index (κ1) is 15.2. The van der Waals surface area contributed by atoms with Crippen LogP contribution in [0.15, 0.2) is 18.2 Å². The van der Waals surface area contributed by atoms with Gasteiger partial charge in [-0.3, -0.25) is 0 Å². The van der Waals surface area contributed by atoms with E-state index in [2.05, 4.69) is 30.4 Å². The first-order valence-electron chi connectivity index (χ1n) is 6.45. The van der Waals surface area contributed by atoms with E-state index < -0.39 is 0 Å². The number of nitrogens with one attached hydrogen (secondary N) is 1. The molecule has 0 unspecified atom stereocenters. The Morgan fingerprint density at radius 2 is 1.44 bits per heavy atom. The minimum Gasteiger partial charge on any atom is -0.323 e. The van der Waals surface area contributed by atoms with Crippen LogP contribution >= 0.6 is 0 Å². The van der Waals surface area contributed by atoms with E-state index in [9.17, 15) is 0 Å². The molecule has 0 fully saturated rings. The van der Waals surface area contributed by atoms with Gasteiger partial charge in [0.1, 0.15) is 0 Å². The van der Waals surface area contributed by atoms with E-state index in [1.807, 2.05) is 27.9 Å². The van der Waals surface area contributed by atoms with Crippen LogP contribution in [0, 0.1) is 6.92 Å². The third-order valence-electron chi connectivity index (χ3n) is 2.50. The molecule has 0 radical (unpaired) electrons. The third-order valence-corrected chi connectivity index (χ3v) is 2.50. The Bertz CT molecular complexity index is 279. The Morgan fingerprint density at radius 3 is 2.00 bits per heavy atom. The molecule has 16 heavy (non-hydrogen) atoms. The summed E-state index contributed by atoms with van der Waals surface area (Å²) in [7, 11) is 3.75.